The molecule has 3 aliphatic rings. The number of rotatable bonds is 4. The van der Waals surface area contributed by atoms with Crippen LogP contribution in [-0.4, -0.2) is 57.5 Å². The molecule has 1 saturated carbocycles. The lowest BCUT2D eigenvalue weighted by Crippen LogP contribution is -2.42. The van der Waals surface area contributed by atoms with E-state index in [1.54, 1.807) is 11.9 Å². The molecule has 1 N–H and O–H groups in total. The lowest BCUT2D eigenvalue weighted by molar-refractivity contribution is 0.0755. The summed E-state index contributed by atoms with van der Waals surface area (Å²) in [6.45, 7) is 6.13. The molecule has 9 heteroatoms. The van der Waals surface area contributed by atoms with E-state index in [4.69, 9.17) is 0 Å². The molecule has 5 rings (SSSR count). The zero-order valence-electron chi connectivity index (χ0n) is 17.7. The van der Waals surface area contributed by atoms with Crippen molar-refractivity contribution in [1.29, 1.82) is 0 Å². The van der Waals surface area contributed by atoms with Crippen molar-refractivity contribution < 1.29 is 9.18 Å². The number of nitrogens with zero attached hydrogens (tertiary/aromatic N) is 4. The lowest BCUT2D eigenvalue weighted by Gasteiger charge is -2.35. The number of thiophene rings is 1. The second kappa shape index (κ2) is 7.17. The zero-order valence-corrected chi connectivity index (χ0v) is 19.3. The molecule has 160 valence electrons. The van der Waals surface area contributed by atoms with E-state index < -0.39 is 5.82 Å². The van der Waals surface area contributed by atoms with E-state index in [2.05, 4.69) is 32.8 Å². The van der Waals surface area contributed by atoms with E-state index in [9.17, 15) is 9.18 Å². The summed E-state index contributed by atoms with van der Waals surface area (Å²) in [6, 6.07) is 0.256. The molecular weight excluding hydrogens is 421 g/mol. The fourth-order valence-electron chi connectivity index (χ4n) is 4.77. The van der Waals surface area contributed by atoms with Gasteiger partial charge in [0.1, 0.15) is 5.69 Å². The first-order chi connectivity index (χ1) is 14.4. The molecule has 1 saturated heterocycles. The molecule has 1 spiro atoms. The number of aromatic nitrogens is 2. The van der Waals surface area contributed by atoms with E-state index in [1.165, 1.54) is 17.5 Å². The number of hydrogen-bond donors (Lipinski definition) is 1. The Morgan fingerprint density at radius 2 is 2.17 bits per heavy atom. The van der Waals surface area contributed by atoms with Gasteiger partial charge in [0.2, 0.25) is 5.95 Å². The largest absolute Gasteiger partial charge is 0.351 e. The zero-order chi connectivity index (χ0) is 21.2. The quantitative estimate of drug-likeness (QED) is 0.712. The maximum absolute atomic E-state index is 14.8. The summed E-state index contributed by atoms with van der Waals surface area (Å²) < 4.78 is 17.1. The molecule has 0 aromatic carbocycles. The monoisotopic (exact) mass is 447 g/mol. The Hall–Kier alpha value is -1.71. The van der Waals surface area contributed by atoms with Crippen LogP contribution in [0, 0.1) is 18.7 Å². The van der Waals surface area contributed by atoms with Gasteiger partial charge in [-0.15, -0.1) is 11.3 Å². The normalized spacial score (nSPS) is 25.1. The Morgan fingerprint density at radius 1 is 1.40 bits per heavy atom. The molecule has 30 heavy (non-hydrogen) atoms. The standard InChI is InChI=1S/C21H26FN5OS2/c1-11-10-27(29-4)8-5-14(11)24-20-23-9-13(22)16(25-20)17-12(2)15-18(30-17)21(6-7-21)26(3)19(15)28/h9,11,14H,5-8,10H2,1-4H3,(H,23,24,25)/t11-,14+/m1/s1. The second-order valence-electron chi connectivity index (χ2n) is 8.63. The smallest absolute Gasteiger partial charge is 0.255 e. The maximum Gasteiger partial charge on any atom is 0.255 e. The molecule has 0 radical (unpaired) electrons. The Morgan fingerprint density at radius 3 is 2.83 bits per heavy atom. The molecule has 2 fully saturated rings. The van der Waals surface area contributed by atoms with E-state index in [1.807, 2.05) is 18.9 Å². The Labute approximate surface area is 184 Å². The highest BCUT2D eigenvalue weighted by molar-refractivity contribution is 7.96. The van der Waals surface area contributed by atoms with Crippen LogP contribution in [0.4, 0.5) is 10.3 Å². The van der Waals surface area contributed by atoms with E-state index in [0.29, 0.717) is 17.6 Å². The number of halogens is 1. The molecule has 1 amide bonds. The molecule has 1 aliphatic carbocycles. The second-order valence-corrected chi connectivity index (χ2v) is 10.5. The minimum Gasteiger partial charge on any atom is -0.351 e. The first-order valence-corrected chi connectivity index (χ1v) is 12.4. The van der Waals surface area contributed by atoms with Crippen LogP contribution in [-0.2, 0) is 5.54 Å². The van der Waals surface area contributed by atoms with Crippen LogP contribution in [0.25, 0.3) is 10.6 Å². The van der Waals surface area contributed by atoms with Gasteiger partial charge in [-0.25, -0.2) is 14.4 Å². The van der Waals surface area contributed by atoms with Crippen molar-refractivity contribution in [2.75, 3.05) is 31.7 Å². The highest BCUT2D eigenvalue weighted by Crippen LogP contribution is 2.60. The number of hydrogen-bond acceptors (Lipinski definition) is 7. The van der Waals surface area contributed by atoms with Crippen molar-refractivity contribution in [1.82, 2.24) is 19.2 Å². The van der Waals surface area contributed by atoms with Crippen LogP contribution >= 0.6 is 23.3 Å². The summed E-state index contributed by atoms with van der Waals surface area (Å²) in [4.78, 5) is 25.3. The van der Waals surface area contributed by atoms with Crippen LogP contribution in [0.2, 0.25) is 0 Å². The predicted octanol–water partition coefficient (Wildman–Crippen LogP) is 4.13. The van der Waals surface area contributed by atoms with Gasteiger partial charge >= 0.3 is 0 Å². The van der Waals surface area contributed by atoms with Gasteiger partial charge in [0.15, 0.2) is 5.82 Å². The topological polar surface area (TPSA) is 61.4 Å². The molecule has 2 aromatic heterocycles. The number of amides is 1. The van der Waals surface area contributed by atoms with Gasteiger partial charge < -0.3 is 10.2 Å². The number of piperidine rings is 1. The third kappa shape index (κ3) is 2.97. The first-order valence-electron chi connectivity index (χ1n) is 10.4. The molecule has 2 aromatic rings. The van der Waals surface area contributed by atoms with Crippen molar-refractivity contribution in [2.45, 2.75) is 44.7 Å². The van der Waals surface area contributed by atoms with Gasteiger partial charge in [-0.1, -0.05) is 18.9 Å². The van der Waals surface area contributed by atoms with Crippen LogP contribution in [0.5, 0.6) is 0 Å². The van der Waals surface area contributed by atoms with Gasteiger partial charge in [0, 0.05) is 31.1 Å². The third-order valence-electron chi connectivity index (χ3n) is 6.85. The molecule has 0 unspecified atom stereocenters. The number of fused-ring (bicyclic) bond motifs is 2. The van der Waals surface area contributed by atoms with Gasteiger partial charge in [-0.05, 0) is 43.9 Å². The fraction of sp³-hybridized carbons (Fsp3) is 0.571. The van der Waals surface area contributed by atoms with E-state index in [-0.39, 0.29) is 17.5 Å². The van der Waals surface area contributed by atoms with E-state index >= 15 is 0 Å². The average Bonchev–Trinajstić information content (AvgIpc) is 3.43. The maximum atomic E-state index is 14.8. The predicted molar refractivity (Wildman–Crippen MR) is 119 cm³/mol. The van der Waals surface area contributed by atoms with Gasteiger partial charge in [0.25, 0.3) is 5.91 Å². The summed E-state index contributed by atoms with van der Waals surface area (Å²) in [5.74, 6) is 0.501. The van der Waals surface area contributed by atoms with Gasteiger partial charge in [0.05, 0.1) is 22.2 Å². The Kier molecular flexibility index (Phi) is 4.83. The molecule has 2 aliphatic heterocycles. The molecule has 2 atom stereocenters. The summed E-state index contributed by atoms with van der Waals surface area (Å²) in [5, 5.41) is 3.43. The number of anilines is 1. The van der Waals surface area contributed by atoms with Crippen molar-refractivity contribution in [3.05, 3.63) is 28.0 Å². The summed E-state index contributed by atoms with van der Waals surface area (Å²) >= 11 is 3.29. The SMILES string of the molecule is CSN1CC[C@H](Nc2ncc(F)c(-c3sc4c(c3C)C(=O)N(C)C43CC3)n2)[C@H](C)C1. The average molecular weight is 448 g/mol. The van der Waals surface area contributed by atoms with E-state index in [0.717, 1.165) is 53.2 Å². The highest BCUT2D eigenvalue weighted by Gasteiger charge is 2.58. The lowest BCUT2D eigenvalue weighted by atomic mass is 9.95. The van der Waals surface area contributed by atoms with Gasteiger partial charge in [-0.2, -0.15) is 0 Å². The molecule has 0 bridgehead atoms. The Balaban J connectivity index is 1.45. The number of carbonyl (C=O) groups is 1. The van der Waals surface area contributed by atoms with Crippen LogP contribution in [0.3, 0.4) is 0 Å². The number of nitrogens with one attached hydrogen (secondary N) is 1. The minimum absolute atomic E-state index is 0.0460. The van der Waals surface area contributed by atoms with Gasteiger partial charge in [-0.3, -0.25) is 9.10 Å². The number of carbonyl (C=O) groups excluding carboxylic acids is 1. The molecular formula is C21H26FN5OS2. The molecule has 4 heterocycles. The van der Waals surface area contributed by atoms with Crippen molar-refractivity contribution >= 4 is 35.1 Å². The first kappa shape index (κ1) is 20.2. The van der Waals surface area contributed by atoms with Crippen molar-refractivity contribution in [3.63, 3.8) is 0 Å². The van der Waals surface area contributed by atoms with Crippen LogP contribution in [0.1, 0.15) is 47.0 Å². The summed E-state index contributed by atoms with van der Waals surface area (Å²) in [7, 11) is 1.87. The fourth-order valence-corrected chi connectivity index (χ4v) is 7.01. The third-order valence-corrected chi connectivity index (χ3v) is 9.19. The minimum atomic E-state index is -0.445. The van der Waals surface area contributed by atoms with Crippen molar-refractivity contribution in [2.24, 2.45) is 5.92 Å². The summed E-state index contributed by atoms with van der Waals surface area (Å²) in [5.41, 5.74) is 1.72. The van der Waals surface area contributed by atoms with Crippen LogP contribution in [0.15, 0.2) is 6.20 Å². The highest BCUT2D eigenvalue weighted by atomic mass is 32.2. The Bertz CT molecular complexity index is 1020. The molecule has 6 nitrogen and oxygen atoms in total. The van der Waals surface area contributed by atoms with Crippen molar-refractivity contribution in [3.8, 4) is 10.6 Å². The van der Waals surface area contributed by atoms with Crippen LogP contribution < -0.4 is 5.32 Å². The summed E-state index contributed by atoms with van der Waals surface area (Å²) in [6.07, 6.45) is 6.30.